The molecule has 3 aromatic carbocycles. The first-order valence-corrected chi connectivity index (χ1v) is 15.1. The average Bonchev–Trinajstić information content (AvgIpc) is 3.03. The third kappa shape index (κ3) is 8.75. The number of carboxylic acids is 2. The van der Waals surface area contributed by atoms with E-state index in [0.29, 0.717) is 32.1 Å². The molecule has 9 heteroatoms. The molecule has 0 spiro atoms. The van der Waals surface area contributed by atoms with Gasteiger partial charge in [-0.2, -0.15) is 0 Å². The van der Waals surface area contributed by atoms with Gasteiger partial charge in [0, 0.05) is 25.4 Å². The molecule has 44 heavy (non-hydrogen) atoms. The fourth-order valence-corrected chi connectivity index (χ4v) is 6.07. The van der Waals surface area contributed by atoms with Crippen LogP contribution in [0.15, 0.2) is 84.9 Å². The third-order valence-electron chi connectivity index (χ3n) is 8.42. The summed E-state index contributed by atoms with van der Waals surface area (Å²) >= 11 is 0. The second kappa shape index (κ2) is 15.8. The lowest BCUT2D eigenvalue weighted by atomic mass is 9.78. The number of halogens is 1. The molecular weight excluding hydrogens is 563 g/mol. The summed E-state index contributed by atoms with van der Waals surface area (Å²) in [5.74, 6) is -5.54. The molecule has 0 aromatic heterocycles. The highest BCUT2D eigenvalue weighted by Crippen LogP contribution is 2.31. The van der Waals surface area contributed by atoms with Crippen LogP contribution in [0, 0.1) is 17.7 Å². The van der Waals surface area contributed by atoms with Crippen LogP contribution in [-0.4, -0.2) is 58.0 Å². The molecular formula is C35H39FN2O6. The van der Waals surface area contributed by atoms with Gasteiger partial charge in [-0.3, -0.25) is 19.2 Å². The van der Waals surface area contributed by atoms with E-state index in [9.17, 15) is 33.8 Å². The van der Waals surface area contributed by atoms with Gasteiger partial charge in [-0.1, -0.05) is 91.7 Å². The first kappa shape index (κ1) is 32.4. The molecule has 8 nitrogen and oxygen atoms in total. The maximum absolute atomic E-state index is 14.8. The SMILES string of the molecule is O=C(O)CCN(CCC(c1ccccc1)c1ccccc1)C(=O)[C@H](Cc1ccccc1F)NC(=O)[C@@H]1CCCC[C@H]1C(=O)O. The molecule has 0 unspecified atom stereocenters. The number of amides is 2. The number of aliphatic carboxylic acids is 2. The Balaban J connectivity index is 1.62. The number of rotatable bonds is 14. The molecule has 0 heterocycles. The van der Waals surface area contributed by atoms with E-state index in [2.05, 4.69) is 5.32 Å². The van der Waals surface area contributed by atoms with E-state index < -0.39 is 47.4 Å². The number of hydrogen-bond donors (Lipinski definition) is 3. The van der Waals surface area contributed by atoms with Crippen LogP contribution in [-0.2, 0) is 25.6 Å². The molecule has 0 radical (unpaired) electrons. The van der Waals surface area contributed by atoms with Crippen LogP contribution in [0.3, 0.4) is 0 Å². The Morgan fingerprint density at radius 1 is 0.795 bits per heavy atom. The number of nitrogens with zero attached hydrogens (tertiary/aromatic N) is 1. The highest BCUT2D eigenvalue weighted by Gasteiger charge is 2.38. The minimum Gasteiger partial charge on any atom is -0.481 e. The van der Waals surface area contributed by atoms with E-state index in [1.165, 1.54) is 23.1 Å². The summed E-state index contributed by atoms with van der Waals surface area (Å²) in [5.41, 5.74) is 2.30. The van der Waals surface area contributed by atoms with E-state index in [0.717, 1.165) is 11.1 Å². The summed E-state index contributed by atoms with van der Waals surface area (Å²) in [4.78, 5) is 52.6. The largest absolute Gasteiger partial charge is 0.481 e. The molecule has 232 valence electrons. The minimum atomic E-state index is -1.21. The van der Waals surface area contributed by atoms with Gasteiger partial charge in [0.15, 0.2) is 0 Å². The number of carbonyl (C=O) groups is 4. The van der Waals surface area contributed by atoms with Crippen molar-refractivity contribution in [3.05, 3.63) is 107 Å². The topological polar surface area (TPSA) is 124 Å². The van der Waals surface area contributed by atoms with Crippen molar-refractivity contribution in [2.45, 2.75) is 56.9 Å². The van der Waals surface area contributed by atoms with Gasteiger partial charge in [0.05, 0.1) is 18.3 Å². The van der Waals surface area contributed by atoms with Gasteiger partial charge in [0.1, 0.15) is 11.9 Å². The Morgan fingerprint density at radius 2 is 1.36 bits per heavy atom. The van der Waals surface area contributed by atoms with Crippen molar-refractivity contribution < 1.29 is 33.8 Å². The second-order valence-electron chi connectivity index (χ2n) is 11.3. The molecule has 4 rings (SSSR count). The summed E-state index contributed by atoms with van der Waals surface area (Å²) in [5, 5.41) is 22.0. The van der Waals surface area contributed by atoms with Crippen molar-refractivity contribution in [1.82, 2.24) is 10.2 Å². The van der Waals surface area contributed by atoms with Gasteiger partial charge in [-0.05, 0) is 42.0 Å². The van der Waals surface area contributed by atoms with Crippen molar-refractivity contribution >= 4 is 23.8 Å². The summed E-state index contributed by atoms with van der Waals surface area (Å²) in [6, 6.07) is 24.4. The Hall–Kier alpha value is -4.53. The molecule has 3 N–H and O–H groups in total. The van der Waals surface area contributed by atoms with Crippen LogP contribution in [0.2, 0.25) is 0 Å². The molecule has 1 saturated carbocycles. The maximum Gasteiger partial charge on any atom is 0.307 e. The van der Waals surface area contributed by atoms with Crippen LogP contribution >= 0.6 is 0 Å². The van der Waals surface area contributed by atoms with Crippen LogP contribution in [0.5, 0.6) is 0 Å². The smallest absolute Gasteiger partial charge is 0.307 e. The third-order valence-corrected chi connectivity index (χ3v) is 8.42. The summed E-state index contributed by atoms with van der Waals surface area (Å²) < 4.78 is 14.8. The van der Waals surface area contributed by atoms with Crippen molar-refractivity contribution in [3.8, 4) is 0 Å². The van der Waals surface area contributed by atoms with E-state index in [1.807, 2.05) is 60.7 Å². The molecule has 1 aliphatic carbocycles. The highest BCUT2D eigenvalue weighted by molar-refractivity contribution is 5.91. The van der Waals surface area contributed by atoms with Gasteiger partial charge in [-0.25, -0.2) is 4.39 Å². The van der Waals surface area contributed by atoms with Crippen molar-refractivity contribution in [2.75, 3.05) is 13.1 Å². The lowest BCUT2D eigenvalue weighted by molar-refractivity contribution is -0.149. The molecule has 3 atom stereocenters. The summed E-state index contributed by atoms with van der Waals surface area (Å²) in [6.07, 6.45) is 2.14. The lowest BCUT2D eigenvalue weighted by Gasteiger charge is -2.32. The zero-order valence-corrected chi connectivity index (χ0v) is 24.6. The van der Waals surface area contributed by atoms with E-state index in [1.54, 1.807) is 6.07 Å². The number of benzene rings is 3. The van der Waals surface area contributed by atoms with Crippen molar-refractivity contribution in [3.63, 3.8) is 0 Å². The van der Waals surface area contributed by atoms with E-state index in [4.69, 9.17) is 0 Å². The van der Waals surface area contributed by atoms with Gasteiger partial charge in [0.25, 0.3) is 0 Å². The molecule has 0 aliphatic heterocycles. The number of nitrogens with one attached hydrogen (secondary N) is 1. The van der Waals surface area contributed by atoms with Crippen LogP contribution in [0.25, 0.3) is 0 Å². The number of carbonyl (C=O) groups excluding carboxylic acids is 2. The Kier molecular flexibility index (Phi) is 11.6. The quantitative estimate of drug-likeness (QED) is 0.231. The van der Waals surface area contributed by atoms with Crippen molar-refractivity contribution in [2.24, 2.45) is 11.8 Å². The Morgan fingerprint density at radius 3 is 1.93 bits per heavy atom. The Labute approximate surface area is 256 Å². The normalized spacial score (nSPS) is 17.0. The van der Waals surface area contributed by atoms with Crippen LogP contribution < -0.4 is 5.32 Å². The highest BCUT2D eigenvalue weighted by atomic mass is 19.1. The van der Waals surface area contributed by atoms with Gasteiger partial charge in [0.2, 0.25) is 11.8 Å². The van der Waals surface area contributed by atoms with Crippen LogP contribution in [0.1, 0.15) is 61.1 Å². The standard InChI is InChI=1S/C35H39FN2O6/c36-30-18-10-7-15-26(30)23-31(37-33(41)28-16-8-9-17-29(28)35(43)44)34(42)38(22-20-32(39)40)21-19-27(24-11-3-1-4-12-24)25-13-5-2-6-14-25/h1-7,10-15,18,27-29,31H,8-9,16-17,19-23H2,(H,37,41)(H,39,40)(H,43,44)/t28-,29-,31+/m1/s1. The van der Waals surface area contributed by atoms with Gasteiger partial charge >= 0.3 is 11.9 Å². The summed E-state index contributed by atoms with van der Waals surface area (Å²) in [7, 11) is 0. The number of hydrogen-bond acceptors (Lipinski definition) is 4. The molecule has 1 aliphatic rings. The predicted molar refractivity (Wildman–Crippen MR) is 163 cm³/mol. The molecule has 2 amide bonds. The monoisotopic (exact) mass is 602 g/mol. The second-order valence-corrected chi connectivity index (χ2v) is 11.3. The maximum atomic E-state index is 14.8. The first-order chi connectivity index (χ1) is 21.2. The molecule has 3 aromatic rings. The summed E-state index contributed by atoms with van der Waals surface area (Å²) in [6.45, 7) is 0.0840. The molecule has 1 fully saturated rings. The molecule has 0 saturated heterocycles. The molecule has 0 bridgehead atoms. The minimum absolute atomic E-state index is 0.0873. The predicted octanol–water partition coefficient (Wildman–Crippen LogP) is 5.27. The van der Waals surface area contributed by atoms with Gasteiger partial charge < -0.3 is 20.4 Å². The zero-order valence-electron chi connectivity index (χ0n) is 24.6. The average molecular weight is 603 g/mol. The zero-order chi connectivity index (χ0) is 31.5. The van der Waals surface area contributed by atoms with Crippen LogP contribution in [0.4, 0.5) is 4.39 Å². The Bertz CT molecular complexity index is 1380. The number of carboxylic acid groups (broad SMARTS) is 2. The fourth-order valence-electron chi connectivity index (χ4n) is 6.07. The van der Waals surface area contributed by atoms with Crippen molar-refractivity contribution in [1.29, 1.82) is 0 Å². The lowest BCUT2D eigenvalue weighted by Crippen LogP contribution is -2.53. The van der Waals surface area contributed by atoms with E-state index in [-0.39, 0.29) is 37.4 Å². The van der Waals surface area contributed by atoms with E-state index >= 15 is 0 Å². The fraction of sp³-hybridized carbons (Fsp3) is 0.371. The van der Waals surface area contributed by atoms with Gasteiger partial charge in [-0.15, -0.1) is 0 Å². The first-order valence-electron chi connectivity index (χ1n) is 15.1.